The van der Waals surface area contributed by atoms with Crippen LogP contribution in [0.2, 0.25) is 0 Å². The molecule has 1 aromatic rings. The van der Waals surface area contributed by atoms with Gasteiger partial charge in [0.15, 0.2) is 0 Å². The highest BCUT2D eigenvalue weighted by Crippen LogP contribution is 2.12. The molecular formula is C6H8N4O. The molecule has 58 valence electrons. The summed E-state index contributed by atoms with van der Waals surface area (Å²) in [5.74, 6) is 1.67. The number of hydrogen-bond donors (Lipinski definition) is 2. The Morgan fingerprint density at radius 3 is 3.09 bits per heavy atom. The Bertz CT molecular complexity index is 266. The number of aromatic nitrogens is 2. The SMILES string of the molecule is CC1=CN(c2ccn[nH]2)NO1. The lowest BCUT2D eigenvalue weighted by Crippen LogP contribution is -2.27. The standard InChI is InChI=1S/C6H8N4O/c1-5-4-10(9-11-5)6-2-3-7-8-6/h2-4,9H,1H3,(H,7,8). The molecule has 0 unspecified atom stereocenters. The highest BCUT2D eigenvalue weighted by molar-refractivity contribution is 5.39. The molecule has 1 aliphatic heterocycles. The Kier molecular flexibility index (Phi) is 1.29. The minimum absolute atomic E-state index is 0.819. The zero-order chi connectivity index (χ0) is 7.68. The van der Waals surface area contributed by atoms with Gasteiger partial charge in [-0.2, -0.15) is 5.10 Å². The molecule has 11 heavy (non-hydrogen) atoms. The van der Waals surface area contributed by atoms with Crippen molar-refractivity contribution in [2.45, 2.75) is 6.92 Å². The fourth-order valence-electron chi connectivity index (χ4n) is 0.857. The van der Waals surface area contributed by atoms with Crippen LogP contribution in [0.5, 0.6) is 0 Å². The Labute approximate surface area is 63.6 Å². The van der Waals surface area contributed by atoms with Crippen molar-refractivity contribution in [3.63, 3.8) is 0 Å². The first-order valence-corrected chi connectivity index (χ1v) is 3.26. The smallest absolute Gasteiger partial charge is 0.145 e. The molecule has 0 spiro atoms. The van der Waals surface area contributed by atoms with E-state index in [1.165, 1.54) is 0 Å². The van der Waals surface area contributed by atoms with Crippen molar-refractivity contribution in [2.24, 2.45) is 0 Å². The van der Waals surface area contributed by atoms with Gasteiger partial charge in [0.05, 0.1) is 12.4 Å². The number of anilines is 1. The Balaban J connectivity index is 2.20. The lowest BCUT2D eigenvalue weighted by molar-refractivity contribution is 0.132. The largest absolute Gasteiger partial charge is 0.392 e. The van der Waals surface area contributed by atoms with Gasteiger partial charge in [-0.05, 0) is 6.92 Å². The number of H-pyrrole nitrogens is 1. The van der Waals surface area contributed by atoms with Crippen LogP contribution in [0, 0.1) is 0 Å². The van der Waals surface area contributed by atoms with Crippen molar-refractivity contribution >= 4 is 5.82 Å². The third kappa shape index (κ3) is 1.05. The molecule has 2 rings (SSSR count). The highest BCUT2D eigenvalue weighted by atomic mass is 16.7. The lowest BCUT2D eigenvalue weighted by atomic mass is 10.6. The van der Waals surface area contributed by atoms with Crippen LogP contribution in [0.15, 0.2) is 24.2 Å². The molecule has 1 aliphatic rings. The third-order valence-electron chi connectivity index (χ3n) is 1.36. The molecule has 2 N–H and O–H groups in total. The van der Waals surface area contributed by atoms with Crippen molar-refractivity contribution in [3.8, 4) is 0 Å². The van der Waals surface area contributed by atoms with Gasteiger partial charge >= 0.3 is 0 Å². The highest BCUT2D eigenvalue weighted by Gasteiger charge is 2.11. The second-order valence-corrected chi connectivity index (χ2v) is 2.24. The average molecular weight is 152 g/mol. The number of rotatable bonds is 1. The summed E-state index contributed by atoms with van der Waals surface area (Å²) in [6, 6.07) is 1.84. The summed E-state index contributed by atoms with van der Waals surface area (Å²) in [7, 11) is 0. The van der Waals surface area contributed by atoms with Crippen LogP contribution in [0.25, 0.3) is 0 Å². The molecule has 5 nitrogen and oxygen atoms in total. The minimum atomic E-state index is 0.819. The molecule has 0 bridgehead atoms. The minimum Gasteiger partial charge on any atom is -0.392 e. The number of nitrogens with zero attached hydrogens (tertiary/aromatic N) is 2. The monoisotopic (exact) mass is 152 g/mol. The molecule has 0 aromatic carbocycles. The summed E-state index contributed by atoms with van der Waals surface area (Å²) in [5, 5.41) is 8.30. The zero-order valence-corrected chi connectivity index (χ0v) is 6.03. The predicted octanol–water partition coefficient (Wildman–Crippen LogP) is 0.527. The average Bonchev–Trinajstić information content (AvgIpc) is 2.55. The van der Waals surface area contributed by atoms with Crippen LogP contribution in [-0.4, -0.2) is 10.2 Å². The molecule has 5 heteroatoms. The second kappa shape index (κ2) is 2.28. The molecule has 0 radical (unpaired) electrons. The summed E-state index contributed by atoms with van der Waals surface area (Å²) in [6.45, 7) is 1.86. The van der Waals surface area contributed by atoms with Crippen molar-refractivity contribution in [1.82, 2.24) is 15.8 Å². The summed E-state index contributed by atoms with van der Waals surface area (Å²) < 4.78 is 0. The van der Waals surface area contributed by atoms with E-state index in [9.17, 15) is 0 Å². The van der Waals surface area contributed by atoms with Crippen LogP contribution in [-0.2, 0) is 4.84 Å². The van der Waals surface area contributed by atoms with Crippen molar-refractivity contribution < 1.29 is 4.84 Å². The van der Waals surface area contributed by atoms with Gasteiger partial charge in [0, 0.05) is 6.07 Å². The van der Waals surface area contributed by atoms with E-state index in [-0.39, 0.29) is 0 Å². The van der Waals surface area contributed by atoms with Gasteiger partial charge in [-0.25, -0.2) is 5.01 Å². The first kappa shape index (κ1) is 6.23. The number of hydrogen-bond acceptors (Lipinski definition) is 4. The predicted molar refractivity (Wildman–Crippen MR) is 39.0 cm³/mol. The molecule has 1 aromatic heterocycles. The van der Waals surface area contributed by atoms with Crippen molar-refractivity contribution in [2.75, 3.05) is 5.01 Å². The first-order valence-electron chi connectivity index (χ1n) is 3.26. The zero-order valence-electron chi connectivity index (χ0n) is 6.03. The van der Waals surface area contributed by atoms with Crippen LogP contribution >= 0.6 is 0 Å². The fraction of sp³-hybridized carbons (Fsp3) is 0.167. The van der Waals surface area contributed by atoms with Gasteiger partial charge in [-0.3, -0.25) is 5.10 Å². The number of allylic oxidation sites excluding steroid dienone is 1. The van der Waals surface area contributed by atoms with Crippen LogP contribution in [0.3, 0.4) is 0 Å². The number of nitrogens with one attached hydrogen (secondary N) is 2. The summed E-state index contributed by atoms with van der Waals surface area (Å²) in [5.41, 5.74) is 2.68. The summed E-state index contributed by atoms with van der Waals surface area (Å²) >= 11 is 0. The Hall–Kier alpha value is -1.49. The van der Waals surface area contributed by atoms with Crippen LogP contribution in [0.4, 0.5) is 5.82 Å². The molecule has 0 saturated carbocycles. The number of hydrazine groups is 1. The van der Waals surface area contributed by atoms with E-state index in [4.69, 9.17) is 4.84 Å². The Morgan fingerprint density at radius 2 is 2.55 bits per heavy atom. The lowest BCUT2D eigenvalue weighted by Gasteiger charge is -2.09. The molecule has 2 heterocycles. The third-order valence-corrected chi connectivity index (χ3v) is 1.36. The van der Waals surface area contributed by atoms with Crippen LogP contribution in [0.1, 0.15) is 6.92 Å². The van der Waals surface area contributed by atoms with E-state index in [1.54, 1.807) is 11.2 Å². The molecule has 0 atom stereocenters. The summed E-state index contributed by atoms with van der Waals surface area (Å²) in [6.07, 6.45) is 3.51. The van der Waals surface area contributed by atoms with Gasteiger partial charge in [0.2, 0.25) is 0 Å². The maximum absolute atomic E-state index is 4.98. The molecule has 0 fully saturated rings. The topological polar surface area (TPSA) is 53.2 Å². The summed E-state index contributed by atoms with van der Waals surface area (Å²) in [4.78, 5) is 4.98. The Morgan fingerprint density at radius 1 is 1.64 bits per heavy atom. The van der Waals surface area contributed by atoms with E-state index >= 15 is 0 Å². The van der Waals surface area contributed by atoms with Gasteiger partial charge in [-0.15, -0.1) is 0 Å². The molecule has 0 amide bonds. The maximum Gasteiger partial charge on any atom is 0.145 e. The van der Waals surface area contributed by atoms with E-state index in [0.717, 1.165) is 11.6 Å². The second-order valence-electron chi connectivity index (χ2n) is 2.24. The molecule has 0 saturated heterocycles. The van der Waals surface area contributed by atoms with E-state index < -0.39 is 0 Å². The maximum atomic E-state index is 4.98. The van der Waals surface area contributed by atoms with Crippen molar-refractivity contribution in [3.05, 3.63) is 24.2 Å². The van der Waals surface area contributed by atoms with E-state index in [1.807, 2.05) is 19.2 Å². The van der Waals surface area contributed by atoms with Crippen molar-refractivity contribution in [1.29, 1.82) is 0 Å². The van der Waals surface area contributed by atoms with E-state index in [0.29, 0.717) is 0 Å². The van der Waals surface area contributed by atoms with Crippen LogP contribution < -0.4 is 10.6 Å². The van der Waals surface area contributed by atoms with Gasteiger partial charge in [-0.1, -0.05) is 5.59 Å². The fourth-order valence-corrected chi connectivity index (χ4v) is 0.857. The van der Waals surface area contributed by atoms with Gasteiger partial charge in [0.1, 0.15) is 11.6 Å². The van der Waals surface area contributed by atoms with Gasteiger partial charge in [0.25, 0.3) is 0 Å². The molecular weight excluding hydrogens is 144 g/mol. The van der Waals surface area contributed by atoms with E-state index in [2.05, 4.69) is 15.8 Å². The molecule has 0 aliphatic carbocycles. The number of aromatic amines is 1. The first-order chi connectivity index (χ1) is 5.36. The van der Waals surface area contributed by atoms with Gasteiger partial charge < -0.3 is 4.84 Å². The normalized spacial score (nSPS) is 16.5. The quantitative estimate of drug-likeness (QED) is 0.616.